The summed E-state index contributed by atoms with van der Waals surface area (Å²) in [6.45, 7) is 0. The molecule has 0 unspecified atom stereocenters. The van der Waals surface area contributed by atoms with Gasteiger partial charge in [-0.05, 0) is 37.9 Å². The molecule has 0 saturated carbocycles. The molecule has 0 fully saturated rings. The molecule has 0 saturated heterocycles. The average molecular weight is 355 g/mol. The Bertz CT molecular complexity index is 74.4. The first-order valence-electron chi connectivity index (χ1n) is 1.83. The van der Waals surface area contributed by atoms with Crippen LogP contribution in [-0.2, 0) is 4.74 Å². The monoisotopic (exact) mass is 353 g/mol. The topological polar surface area (TPSA) is 9.23 Å². The zero-order valence-corrected chi connectivity index (χ0v) is 9.23. The van der Waals surface area contributed by atoms with E-state index in [4.69, 9.17) is 4.74 Å². The molecule has 0 aliphatic heterocycles. The first kappa shape index (κ1) is 9.23. The van der Waals surface area contributed by atoms with Crippen LogP contribution in [0.25, 0.3) is 0 Å². The molecule has 8 heavy (non-hydrogen) atoms. The van der Waals surface area contributed by atoms with E-state index >= 15 is 0 Å². The zero-order valence-electron chi connectivity index (χ0n) is 3.90. The maximum Gasteiger partial charge on any atom is 0.276 e. The van der Waals surface area contributed by atoms with Gasteiger partial charge >= 0.3 is 0 Å². The highest BCUT2D eigenvalue weighted by Gasteiger charge is 1.91. The summed E-state index contributed by atoms with van der Waals surface area (Å²) in [7, 11) is 0. The minimum atomic E-state index is 0.603. The first-order chi connectivity index (χ1) is 3.77. The van der Waals surface area contributed by atoms with Crippen LogP contribution in [0.3, 0.4) is 0 Å². The zero-order chi connectivity index (χ0) is 6.41. The molecule has 0 aliphatic carbocycles. The molecule has 0 heterocycles. The van der Waals surface area contributed by atoms with Gasteiger partial charge in [-0.25, -0.2) is 0 Å². The van der Waals surface area contributed by atoms with Gasteiger partial charge in [-0.1, -0.05) is 22.6 Å². The number of ether oxygens (including phenoxy) is 1. The Kier molecular flexibility index (Phi) is 7.33. The third-order valence-electron chi connectivity index (χ3n) is 0.342. The molecule has 0 aromatic carbocycles. The summed E-state index contributed by atoms with van der Waals surface area (Å²) in [4.78, 5) is 0. The molecule has 0 atom stereocenters. The largest absolute Gasteiger partial charge is 0.468 e. The quantitative estimate of drug-likeness (QED) is 0.430. The lowest BCUT2D eigenvalue weighted by atomic mass is 10.7. The lowest BCUT2D eigenvalue weighted by molar-refractivity contribution is 0.369. The summed E-state index contributed by atoms with van der Waals surface area (Å²) in [6, 6.07) is 0. The van der Waals surface area contributed by atoms with E-state index in [0.29, 0.717) is 3.92 Å². The highest BCUT2D eigenvalue weighted by molar-refractivity contribution is 14.1. The third kappa shape index (κ3) is 7.23. The van der Waals surface area contributed by atoms with Crippen molar-refractivity contribution in [1.82, 2.24) is 0 Å². The summed E-state index contributed by atoms with van der Waals surface area (Å²) in [5.41, 5.74) is 0. The van der Waals surface area contributed by atoms with Crippen LogP contribution < -0.4 is 0 Å². The standard InChI is InChI=1S/C4H4Br2IO/c5-4(6)8-3-1-2-7/h1,3H,2H2. The van der Waals surface area contributed by atoms with Gasteiger partial charge in [-0.3, -0.25) is 0 Å². The van der Waals surface area contributed by atoms with Crippen LogP contribution >= 0.6 is 54.5 Å². The van der Waals surface area contributed by atoms with Crippen LogP contribution in [0.4, 0.5) is 0 Å². The Morgan fingerprint density at radius 2 is 2.25 bits per heavy atom. The van der Waals surface area contributed by atoms with Crippen LogP contribution in [0.15, 0.2) is 12.3 Å². The maximum atomic E-state index is 4.85. The number of hydrogen-bond acceptors (Lipinski definition) is 1. The van der Waals surface area contributed by atoms with Gasteiger partial charge < -0.3 is 4.74 Å². The van der Waals surface area contributed by atoms with E-state index in [0.717, 1.165) is 4.43 Å². The molecule has 0 aliphatic rings. The number of halogens is 3. The number of alkyl halides is 1. The molecule has 0 aromatic rings. The van der Waals surface area contributed by atoms with Crippen molar-refractivity contribution in [2.45, 2.75) is 0 Å². The smallest absolute Gasteiger partial charge is 0.276 e. The Labute approximate surface area is 79.3 Å². The summed E-state index contributed by atoms with van der Waals surface area (Å²) < 4.78 is 6.41. The van der Waals surface area contributed by atoms with Crippen molar-refractivity contribution in [1.29, 1.82) is 0 Å². The third-order valence-corrected chi connectivity index (χ3v) is 1.22. The van der Waals surface area contributed by atoms with Gasteiger partial charge in [-0.2, -0.15) is 0 Å². The van der Waals surface area contributed by atoms with Gasteiger partial charge in [0.15, 0.2) is 0 Å². The summed E-state index contributed by atoms with van der Waals surface area (Å²) in [6.07, 6.45) is 3.52. The number of allylic oxidation sites excluding steroid dienone is 1. The van der Waals surface area contributed by atoms with E-state index in [-0.39, 0.29) is 0 Å². The van der Waals surface area contributed by atoms with Crippen molar-refractivity contribution < 1.29 is 4.74 Å². The van der Waals surface area contributed by atoms with Gasteiger partial charge in [0.2, 0.25) is 0 Å². The SMILES string of the molecule is Br[C](Br)OC=CCI. The molecule has 0 spiro atoms. The van der Waals surface area contributed by atoms with E-state index in [1.54, 1.807) is 6.26 Å². The van der Waals surface area contributed by atoms with Gasteiger partial charge in [0.1, 0.15) is 0 Å². The van der Waals surface area contributed by atoms with Crippen LogP contribution in [0.1, 0.15) is 0 Å². The van der Waals surface area contributed by atoms with Crippen LogP contribution in [0, 0.1) is 3.92 Å². The molecule has 0 N–H and O–H groups in total. The van der Waals surface area contributed by atoms with Crippen LogP contribution in [-0.4, -0.2) is 4.43 Å². The van der Waals surface area contributed by atoms with Crippen molar-refractivity contribution in [3.8, 4) is 0 Å². The minimum Gasteiger partial charge on any atom is -0.468 e. The van der Waals surface area contributed by atoms with E-state index in [1.165, 1.54) is 0 Å². The van der Waals surface area contributed by atoms with Crippen molar-refractivity contribution in [3.63, 3.8) is 0 Å². The number of rotatable bonds is 3. The minimum absolute atomic E-state index is 0.603. The van der Waals surface area contributed by atoms with Crippen molar-refractivity contribution in [2.24, 2.45) is 0 Å². The molecule has 1 nitrogen and oxygen atoms in total. The predicted molar refractivity (Wildman–Crippen MR) is 50.2 cm³/mol. The van der Waals surface area contributed by atoms with Crippen molar-refractivity contribution >= 4 is 54.5 Å². The first-order valence-corrected chi connectivity index (χ1v) is 4.94. The molecule has 0 rings (SSSR count). The van der Waals surface area contributed by atoms with Gasteiger partial charge in [0.05, 0.1) is 6.26 Å². The second-order valence-corrected chi connectivity index (χ2v) is 4.26. The van der Waals surface area contributed by atoms with E-state index in [2.05, 4.69) is 54.5 Å². The van der Waals surface area contributed by atoms with Crippen molar-refractivity contribution in [2.75, 3.05) is 4.43 Å². The van der Waals surface area contributed by atoms with E-state index in [9.17, 15) is 0 Å². The van der Waals surface area contributed by atoms with Crippen molar-refractivity contribution in [3.05, 3.63) is 16.3 Å². The van der Waals surface area contributed by atoms with E-state index < -0.39 is 0 Å². The molecule has 0 amide bonds. The Morgan fingerprint density at radius 1 is 1.62 bits per heavy atom. The fraction of sp³-hybridized carbons (Fsp3) is 0.250. The predicted octanol–water partition coefficient (Wildman–Crippen LogP) is 3.19. The number of hydrogen-bond donors (Lipinski definition) is 0. The van der Waals surface area contributed by atoms with Gasteiger partial charge in [-0.15, -0.1) is 0 Å². The second kappa shape index (κ2) is 6.35. The normalized spacial score (nSPS) is 11.0. The molecule has 1 radical (unpaired) electrons. The highest BCUT2D eigenvalue weighted by Crippen LogP contribution is 2.19. The summed E-state index contributed by atoms with van der Waals surface area (Å²) in [5.74, 6) is 0. The van der Waals surface area contributed by atoms with Gasteiger partial charge in [0, 0.05) is 4.43 Å². The molecular weight excluding hydrogens is 351 g/mol. The Hall–Kier alpha value is 1.23. The fourth-order valence-corrected chi connectivity index (χ4v) is 0.559. The maximum absolute atomic E-state index is 4.85. The Balaban J connectivity index is 3.03. The average Bonchev–Trinajstić information content (AvgIpc) is 1.66. The Morgan fingerprint density at radius 3 is 2.62 bits per heavy atom. The summed E-state index contributed by atoms with van der Waals surface area (Å²) in [5, 5.41) is 0. The highest BCUT2D eigenvalue weighted by atomic mass is 127. The van der Waals surface area contributed by atoms with E-state index in [1.807, 2.05) is 6.08 Å². The summed E-state index contributed by atoms with van der Waals surface area (Å²) >= 11 is 8.35. The fourth-order valence-electron chi connectivity index (χ4n) is 0.136. The lowest BCUT2D eigenvalue weighted by Crippen LogP contribution is -1.74. The molecule has 0 aromatic heterocycles. The molecule has 4 heteroatoms. The molecule has 47 valence electrons. The molecule has 0 bridgehead atoms. The second-order valence-electron chi connectivity index (χ2n) is 0.870. The van der Waals surface area contributed by atoms with Crippen LogP contribution in [0.5, 0.6) is 0 Å². The van der Waals surface area contributed by atoms with Gasteiger partial charge in [0.25, 0.3) is 3.92 Å². The molecular formula is C4H4Br2IO. The van der Waals surface area contributed by atoms with Crippen LogP contribution in [0.2, 0.25) is 0 Å². The lowest BCUT2D eigenvalue weighted by Gasteiger charge is -1.94.